The van der Waals surface area contributed by atoms with Crippen molar-refractivity contribution in [1.82, 2.24) is 9.13 Å². The SMILES string of the molecule is N#CC1=Cc2c(n(-c3ccccc3C3C=C(c4cc(C#N)cc(-n5c6c(c7cccc(C#N)c75)C=CCC6)c4)C=CC3)c3ccccc23)CC=C1. The zero-order chi connectivity index (χ0) is 34.5. The fourth-order valence-electron chi connectivity index (χ4n) is 8.23. The Hall–Kier alpha value is -6.87. The molecule has 0 saturated carbocycles. The molecule has 2 heterocycles. The summed E-state index contributed by atoms with van der Waals surface area (Å²) < 4.78 is 4.59. The quantitative estimate of drug-likeness (QED) is 0.190. The van der Waals surface area contributed by atoms with Gasteiger partial charge in [0.05, 0.1) is 39.9 Å². The van der Waals surface area contributed by atoms with Crippen molar-refractivity contribution in [3.8, 4) is 29.6 Å². The topological polar surface area (TPSA) is 81.2 Å². The van der Waals surface area contributed by atoms with E-state index in [9.17, 15) is 15.8 Å². The van der Waals surface area contributed by atoms with Crippen LogP contribution in [0.25, 0.3) is 50.9 Å². The number of para-hydroxylation sites is 3. The number of hydrogen-bond acceptors (Lipinski definition) is 3. The minimum Gasteiger partial charge on any atom is -0.312 e. The van der Waals surface area contributed by atoms with Crippen LogP contribution < -0.4 is 0 Å². The van der Waals surface area contributed by atoms with Gasteiger partial charge in [-0.3, -0.25) is 0 Å². The van der Waals surface area contributed by atoms with E-state index in [-0.39, 0.29) is 5.92 Å². The van der Waals surface area contributed by atoms with Crippen molar-refractivity contribution in [3.63, 3.8) is 0 Å². The van der Waals surface area contributed by atoms with Crippen LogP contribution in [-0.2, 0) is 12.8 Å². The van der Waals surface area contributed by atoms with E-state index >= 15 is 0 Å². The van der Waals surface area contributed by atoms with Crippen LogP contribution in [0.4, 0.5) is 0 Å². The van der Waals surface area contributed by atoms with Gasteiger partial charge >= 0.3 is 0 Å². The van der Waals surface area contributed by atoms with Crippen molar-refractivity contribution in [3.05, 3.63) is 172 Å². The molecule has 1 atom stereocenters. The third-order valence-electron chi connectivity index (χ3n) is 10.4. The maximum atomic E-state index is 10.3. The summed E-state index contributed by atoms with van der Waals surface area (Å²) in [7, 11) is 0. The second-order valence-electron chi connectivity index (χ2n) is 13.3. The van der Waals surface area contributed by atoms with Gasteiger partial charge in [0, 0.05) is 57.0 Å². The largest absolute Gasteiger partial charge is 0.312 e. The van der Waals surface area contributed by atoms with Crippen LogP contribution in [0.1, 0.15) is 63.5 Å². The zero-order valence-corrected chi connectivity index (χ0v) is 27.8. The maximum Gasteiger partial charge on any atom is 0.101 e. The molecule has 6 aromatic rings. The van der Waals surface area contributed by atoms with Gasteiger partial charge in [-0.2, -0.15) is 15.8 Å². The van der Waals surface area contributed by atoms with Gasteiger partial charge in [-0.1, -0.05) is 85.0 Å². The smallest absolute Gasteiger partial charge is 0.101 e. The highest BCUT2D eigenvalue weighted by atomic mass is 15.0. The fourth-order valence-corrected chi connectivity index (χ4v) is 8.23. The highest BCUT2D eigenvalue weighted by Gasteiger charge is 2.25. The van der Waals surface area contributed by atoms with E-state index in [4.69, 9.17) is 0 Å². The average molecular weight is 654 g/mol. The van der Waals surface area contributed by atoms with Crippen molar-refractivity contribution in [2.24, 2.45) is 0 Å². The van der Waals surface area contributed by atoms with Crippen molar-refractivity contribution < 1.29 is 0 Å². The molecule has 0 N–H and O–H groups in total. The highest BCUT2D eigenvalue weighted by molar-refractivity contribution is 5.97. The highest BCUT2D eigenvalue weighted by Crippen LogP contribution is 2.41. The van der Waals surface area contributed by atoms with E-state index in [1.807, 2.05) is 36.4 Å². The molecule has 9 rings (SSSR count). The molecule has 5 nitrogen and oxygen atoms in total. The van der Waals surface area contributed by atoms with E-state index in [1.54, 1.807) is 0 Å². The first-order valence-corrected chi connectivity index (χ1v) is 17.3. The van der Waals surface area contributed by atoms with Crippen molar-refractivity contribution >= 4 is 39.5 Å². The number of fused-ring (bicyclic) bond motifs is 6. The third-order valence-corrected chi connectivity index (χ3v) is 10.4. The Morgan fingerprint density at radius 3 is 2.43 bits per heavy atom. The van der Waals surface area contributed by atoms with E-state index < -0.39 is 0 Å². The number of aromatic nitrogens is 2. The van der Waals surface area contributed by atoms with E-state index in [1.165, 1.54) is 17.0 Å². The first-order valence-electron chi connectivity index (χ1n) is 17.3. The summed E-state index contributed by atoms with van der Waals surface area (Å²) >= 11 is 0. The Morgan fingerprint density at radius 2 is 1.55 bits per heavy atom. The Morgan fingerprint density at radius 1 is 0.686 bits per heavy atom. The van der Waals surface area contributed by atoms with Gasteiger partial charge in [-0.25, -0.2) is 0 Å². The maximum absolute atomic E-state index is 10.3. The molecular formula is C46H31N5. The van der Waals surface area contributed by atoms with Crippen LogP contribution in [0.2, 0.25) is 0 Å². The third kappa shape index (κ3) is 4.89. The minimum atomic E-state index is 0.0919. The normalized spacial score (nSPS) is 16.1. The Labute approximate surface area is 296 Å². The monoisotopic (exact) mass is 653 g/mol. The predicted molar refractivity (Wildman–Crippen MR) is 204 cm³/mol. The van der Waals surface area contributed by atoms with Gasteiger partial charge in [0.15, 0.2) is 0 Å². The van der Waals surface area contributed by atoms with Crippen LogP contribution in [0.15, 0.2) is 127 Å². The summed E-state index contributed by atoms with van der Waals surface area (Å²) in [5.41, 5.74) is 13.7. The first-order chi connectivity index (χ1) is 25.2. The molecule has 0 spiro atoms. The summed E-state index contributed by atoms with van der Waals surface area (Å²) in [6.45, 7) is 0. The lowest BCUT2D eigenvalue weighted by atomic mass is 9.86. The molecule has 51 heavy (non-hydrogen) atoms. The van der Waals surface area contributed by atoms with E-state index in [0.29, 0.717) is 16.7 Å². The number of nitriles is 3. The van der Waals surface area contributed by atoms with Crippen LogP contribution in [-0.4, -0.2) is 9.13 Å². The molecule has 3 aliphatic rings. The molecule has 0 bridgehead atoms. The number of hydrogen-bond donors (Lipinski definition) is 0. The summed E-state index contributed by atoms with van der Waals surface area (Å²) in [6.07, 6.45) is 20.5. The second kappa shape index (κ2) is 12.2. The number of rotatable bonds is 4. The Bertz CT molecular complexity index is 2730. The summed E-state index contributed by atoms with van der Waals surface area (Å²) in [5, 5.41) is 32.4. The average Bonchev–Trinajstić information content (AvgIpc) is 3.60. The fraction of sp³-hybridized carbons (Fsp3) is 0.109. The predicted octanol–water partition coefficient (Wildman–Crippen LogP) is 10.4. The molecule has 0 fully saturated rings. The number of nitrogens with zero attached hydrogens (tertiary/aromatic N) is 5. The Kier molecular flexibility index (Phi) is 7.24. The molecule has 1 unspecified atom stereocenters. The zero-order valence-electron chi connectivity index (χ0n) is 27.8. The van der Waals surface area contributed by atoms with Crippen molar-refractivity contribution in [2.75, 3.05) is 0 Å². The van der Waals surface area contributed by atoms with Crippen LogP contribution in [0, 0.1) is 34.0 Å². The molecule has 0 amide bonds. The minimum absolute atomic E-state index is 0.0919. The van der Waals surface area contributed by atoms with Gasteiger partial charge in [-0.05, 0) is 84.5 Å². The van der Waals surface area contributed by atoms with E-state index in [2.05, 4.69) is 124 Å². The molecule has 240 valence electrons. The molecule has 0 aliphatic heterocycles. The van der Waals surface area contributed by atoms with Crippen LogP contribution in [0.3, 0.4) is 0 Å². The van der Waals surface area contributed by atoms with Gasteiger partial charge in [0.2, 0.25) is 0 Å². The molecule has 0 radical (unpaired) electrons. The van der Waals surface area contributed by atoms with Crippen molar-refractivity contribution in [1.29, 1.82) is 15.8 Å². The number of benzene rings is 4. The molecule has 5 heteroatoms. The van der Waals surface area contributed by atoms with Gasteiger partial charge in [0.25, 0.3) is 0 Å². The van der Waals surface area contributed by atoms with Gasteiger partial charge < -0.3 is 9.13 Å². The lowest BCUT2D eigenvalue weighted by molar-refractivity contribution is 0.837. The first kappa shape index (κ1) is 30.2. The van der Waals surface area contributed by atoms with Crippen molar-refractivity contribution in [2.45, 2.75) is 31.6 Å². The molecule has 2 aromatic heterocycles. The summed E-state index contributed by atoms with van der Waals surface area (Å²) in [4.78, 5) is 0. The summed E-state index contributed by atoms with van der Waals surface area (Å²) in [5.74, 6) is 0.0919. The van der Waals surface area contributed by atoms with Gasteiger partial charge in [-0.15, -0.1) is 0 Å². The van der Waals surface area contributed by atoms with Gasteiger partial charge in [0.1, 0.15) is 6.07 Å². The van der Waals surface area contributed by atoms with Crippen LogP contribution >= 0.6 is 0 Å². The lowest BCUT2D eigenvalue weighted by Gasteiger charge is -2.23. The molecule has 0 saturated heterocycles. The van der Waals surface area contributed by atoms with E-state index in [0.717, 1.165) is 81.1 Å². The lowest BCUT2D eigenvalue weighted by Crippen LogP contribution is -2.08. The molecule has 4 aromatic carbocycles. The summed E-state index contributed by atoms with van der Waals surface area (Å²) in [6, 6.07) is 36.3. The Balaban J connectivity index is 1.19. The molecule has 3 aliphatic carbocycles. The molecular weight excluding hydrogens is 623 g/mol. The number of allylic oxidation sites excluding steroid dienone is 8. The standard InChI is InChI=1S/C46H31N5/c47-27-30-10-7-21-45-41(24-30)39-16-3-6-20-44(39)51(45)42-18-4-1-14-37(42)33-12-8-11-32(25-33)35-22-31(28-48)23-36(26-35)50-43-19-5-2-15-38(43)40-17-9-13-34(29-49)46(40)50/h1-4,6-11,13-18,20,22-26,33H,5,12,19,21H2. The second-order valence-corrected chi connectivity index (χ2v) is 13.3. The van der Waals surface area contributed by atoms with Crippen LogP contribution in [0.5, 0.6) is 0 Å².